The van der Waals surface area contributed by atoms with E-state index in [4.69, 9.17) is 0 Å². The molecule has 2 N–H and O–H groups in total. The van der Waals surface area contributed by atoms with E-state index in [1.165, 1.54) is 6.33 Å². The zero-order valence-corrected chi connectivity index (χ0v) is 11.1. The summed E-state index contributed by atoms with van der Waals surface area (Å²) in [5.74, 6) is 0.420. The van der Waals surface area contributed by atoms with Crippen LogP contribution in [0.2, 0.25) is 0 Å². The molecule has 1 aromatic rings. The van der Waals surface area contributed by atoms with E-state index in [1.54, 1.807) is 11.7 Å². The van der Waals surface area contributed by atoms with Crippen LogP contribution in [0.5, 0.6) is 0 Å². The van der Waals surface area contributed by atoms with Crippen LogP contribution in [0.1, 0.15) is 13.8 Å². The third-order valence-electron chi connectivity index (χ3n) is 3.40. The molecule has 2 rings (SSSR count). The minimum atomic E-state index is -0.548. The van der Waals surface area contributed by atoms with Crippen molar-refractivity contribution in [1.29, 1.82) is 0 Å². The minimum Gasteiger partial charge on any atom is -0.314 e. The van der Waals surface area contributed by atoms with Gasteiger partial charge in [0, 0.05) is 33.2 Å². The number of aryl methyl sites for hydroxylation is 1. The van der Waals surface area contributed by atoms with Gasteiger partial charge in [0.15, 0.2) is 0 Å². The van der Waals surface area contributed by atoms with Crippen molar-refractivity contribution in [2.75, 3.05) is 31.5 Å². The number of aromatic nitrogens is 3. The van der Waals surface area contributed by atoms with Crippen LogP contribution in [0.4, 0.5) is 5.95 Å². The first-order chi connectivity index (χ1) is 8.51. The first-order valence-corrected chi connectivity index (χ1v) is 6.13. The number of amides is 1. The Kier molecular flexibility index (Phi) is 3.63. The summed E-state index contributed by atoms with van der Waals surface area (Å²) in [6.07, 6.45) is 1.42. The van der Waals surface area contributed by atoms with Crippen molar-refractivity contribution in [3.63, 3.8) is 0 Å². The van der Waals surface area contributed by atoms with Gasteiger partial charge in [-0.25, -0.2) is 4.68 Å². The first-order valence-electron chi connectivity index (χ1n) is 6.13. The molecule has 7 heteroatoms. The third-order valence-corrected chi connectivity index (χ3v) is 3.40. The van der Waals surface area contributed by atoms with Gasteiger partial charge in [0.05, 0.1) is 5.54 Å². The van der Waals surface area contributed by atoms with Crippen LogP contribution in [0.25, 0.3) is 0 Å². The summed E-state index contributed by atoms with van der Waals surface area (Å²) in [7, 11) is 1.75. The largest absolute Gasteiger partial charge is 0.314 e. The maximum Gasteiger partial charge on any atom is 0.246 e. The van der Waals surface area contributed by atoms with Gasteiger partial charge in [0.1, 0.15) is 6.33 Å². The van der Waals surface area contributed by atoms with Gasteiger partial charge < -0.3 is 5.32 Å². The lowest BCUT2D eigenvalue weighted by Crippen LogP contribution is -2.58. The number of rotatable bonds is 3. The summed E-state index contributed by atoms with van der Waals surface area (Å²) in [6, 6.07) is 0. The average molecular weight is 252 g/mol. The smallest absolute Gasteiger partial charge is 0.246 e. The van der Waals surface area contributed by atoms with Crippen LogP contribution < -0.4 is 10.6 Å². The topological polar surface area (TPSA) is 75.1 Å². The van der Waals surface area contributed by atoms with E-state index < -0.39 is 5.54 Å². The van der Waals surface area contributed by atoms with E-state index in [2.05, 4.69) is 25.6 Å². The summed E-state index contributed by atoms with van der Waals surface area (Å²) in [5.41, 5.74) is -0.548. The Labute approximate surface area is 107 Å². The maximum absolute atomic E-state index is 12.3. The van der Waals surface area contributed by atoms with Gasteiger partial charge in [-0.15, -0.1) is 0 Å². The predicted molar refractivity (Wildman–Crippen MR) is 68.2 cm³/mol. The van der Waals surface area contributed by atoms with Gasteiger partial charge in [0.2, 0.25) is 11.9 Å². The molecule has 1 aliphatic heterocycles. The van der Waals surface area contributed by atoms with Crippen molar-refractivity contribution in [1.82, 2.24) is 25.0 Å². The molecular weight excluding hydrogens is 232 g/mol. The Morgan fingerprint density at radius 1 is 1.44 bits per heavy atom. The molecule has 0 radical (unpaired) electrons. The van der Waals surface area contributed by atoms with Gasteiger partial charge in [-0.1, -0.05) is 0 Å². The lowest BCUT2D eigenvalue weighted by Gasteiger charge is -2.39. The Morgan fingerprint density at radius 2 is 2.11 bits per heavy atom. The highest BCUT2D eigenvalue weighted by Gasteiger charge is 2.35. The molecular formula is C11H20N6O. The van der Waals surface area contributed by atoms with Crippen molar-refractivity contribution in [3.05, 3.63) is 6.33 Å². The van der Waals surface area contributed by atoms with Crippen molar-refractivity contribution in [3.8, 4) is 0 Å². The highest BCUT2D eigenvalue weighted by Crippen LogP contribution is 2.17. The monoisotopic (exact) mass is 252 g/mol. The molecule has 0 aliphatic carbocycles. The number of nitrogens with zero attached hydrogens (tertiary/aromatic N) is 4. The van der Waals surface area contributed by atoms with Gasteiger partial charge in [-0.05, 0) is 13.8 Å². The zero-order valence-electron chi connectivity index (χ0n) is 11.1. The van der Waals surface area contributed by atoms with Crippen molar-refractivity contribution in [2.24, 2.45) is 7.05 Å². The van der Waals surface area contributed by atoms with Crippen molar-refractivity contribution < 1.29 is 4.79 Å². The Balaban J connectivity index is 2.04. The summed E-state index contributed by atoms with van der Waals surface area (Å²) >= 11 is 0. The second-order valence-corrected chi connectivity index (χ2v) is 4.96. The molecule has 7 nitrogen and oxygen atoms in total. The summed E-state index contributed by atoms with van der Waals surface area (Å²) in [4.78, 5) is 18.5. The molecule has 0 unspecified atom stereocenters. The number of nitrogens with one attached hydrogen (secondary N) is 2. The quantitative estimate of drug-likeness (QED) is 0.754. The van der Waals surface area contributed by atoms with Gasteiger partial charge >= 0.3 is 0 Å². The summed E-state index contributed by atoms with van der Waals surface area (Å²) < 4.78 is 1.55. The van der Waals surface area contributed by atoms with Crippen LogP contribution >= 0.6 is 0 Å². The van der Waals surface area contributed by atoms with E-state index in [0.717, 1.165) is 26.2 Å². The Hall–Kier alpha value is -1.47. The Bertz CT molecular complexity index is 421. The molecule has 18 heavy (non-hydrogen) atoms. The van der Waals surface area contributed by atoms with E-state index >= 15 is 0 Å². The number of carbonyl (C=O) groups excluding carboxylic acids is 1. The van der Waals surface area contributed by atoms with E-state index in [-0.39, 0.29) is 5.91 Å². The van der Waals surface area contributed by atoms with Crippen LogP contribution in [-0.4, -0.2) is 57.3 Å². The third kappa shape index (κ3) is 2.51. The molecule has 1 aliphatic rings. The molecule has 0 saturated carbocycles. The molecule has 2 heterocycles. The average Bonchev–Trinajstić information content (AvgIpc) is 2.76. The van der Waals surface area contributed by atoms with Crippen molar-refractivity contribution >= 4 is 11.9 Å². The van der Waals surface area contributed by atoms with Gasteiger partial charge in [-0.2, -0.15) is 10.1 Å². The lowest BCUT2D eigenvalue weighted by atomic mass is 10.0. The van der Waals surface area contributed by atoms with Crippen molar-refractivity contribution in [2.45, 2.75) is 19.4 Å². The molecule has 1 aromatic heterocycles. The fraction of sp³-hybridized carbons (Fsp3) is 0.727. The number of carbonyl (C=O) groups is 1. The first kappa shape index (κ1) is 13.0. The summed E-state index contributed by atoms with van der Waals surface area (Å²) in [5, 5.41) is 10.0. The van der Waals surface area contributed by atoms with Crippen LogP contribution in [0.15, 0.2) is 6.33 Å². The lowest BCUT2D eigenvalue weighted by molar-refractivity contribution is -0.126. The number of hydrogen-bond donors (Lipinski definition) is 2. The summed E-state index contributed by atoms with van der Waals surface area (Å²) in [6.45, 7) is 7.45. The molecule has 0 bridgehead atoms. The van der Waals surface area contributed by atoms with Crippen LogP contribution in [0.3, 0.4) is 0 Å². The normalized spacial score (nSPS) is 17.7. The number of hydrogen-bond acceptors (Lipinski definition) is 5. The standard InChI is InChI=1S/C11H20N6O/c1-11(2,17-6-4-12-5-7-17)9(18)15-10-13-8-14-16(10)3/h8,12H,4-7H2,1-3H3,(H,13,14,15,18). The van der Waals surface area contributed by atoms with E-state index in [9.17, 15) is 4.79 Å². The highest BCUT2D eigenvalue weighted by atomic mass is 16.2. The van der Waals surface area contributed by atoms with Crippen LogP contribution in [-0.2, 0) is 11.8 Å². The highest BCUT2D eigenvalue weighted by molar-refractivity contribution is 5.96. The Morgan fingerprint density at radius 3 is 2.67 bits per heavy atom. The van der Waals surface area contributed by atoms with E-state index in [1.807, 2.05) is 13.8 Å². The second kappa shape index (κ2) is 5.03. The minimum absolute atomic E-state index is 0.0551. The predicted octanol–water partition coefficient (Wildman–Crippen LogP) is -0.563. The van der Waals surface area contributed by atoms with Crippen LogP contribution in [0, 0.1) is 0 Å². The number of piperazine rings is 1. The number of anilines is 1. The zero-order chi connectivity index (χ0) is 13.2. The van der Waals surface area contributed by atoms with Gasteiger partial charge in [0.25, 0.3) is 0 Å². The molecule has 0 atom stereocenters. The molecule has 0 spiro atoms. The van der Waals surface area contributed by atoms with Gasteiger partial charge in [-0.3, -0.25) is 15.0 Å². The fourth-order valence-electron chi connectivity index (χ4n) is 2.03. The SMILES string of the molecule is Cn1ncnc1NC(=O)C(C)(C)N1CCNCC1. The second-order valence-electron chi connectivity index (χ2n) is 4.96. The fourth-order valence-corrected chi connectivity index (χ4v) is 2.03. The molecule has 100 valence electrons. The maximum atomic E-state index is 12.3. The van der Waals surface area contributed by atoms with E-state index in [0.29, 0.717) is 5.95 Å². The molecule has 1 amide bonds. The molecule has 1 saturated heterocycles. The molecule has 0 aromatic carbocycles. The molecule has 1 fully saturated rings.